The molecule has 0 saturated heterocycles. The summed E-state index contributed by atoms with van der Waals surface area (Å²) in [4.78, 5) is 11.4. The molecule has 2 aromatic carbocycles. The molecular weight excluding hydrogens is 199 g/mol. The molecule has 2 nitrogen and oxygen atoms in total. The van der Waals surface area contributed by atoms with Gasteiger partial charge in [0.1, 0.15) is 0 Å². The summed E-state index contributed by atoms with van der Waals surface area (Å²) in [6.45, 7) is 0. The molecular formula is C12H10NaO2. The van der Waals surface area contributed by atoms with Gasteiger partial charge in [-0.15, -0.1) is 0 Å². The molecule has 2 aromatic rings. The van der Waals surface area contributed by atoms with Crippen molar-refractivity contribution in [1.82, 2.24) is 0 Å². The van der Waals surface area contributed by atoms with Crippen molar-refractivity contribution in [3.05, 3.63) is 48.0 Å². The third-order valence-electron chi connectivity index (χ3n) is 2.19. The van der Waals surface area contributed by atoms with Gasteiger partial charge in [-0.3, -0.25) is 0 Å². The van der Waals surface area contributed by atoms with Gasteiger partial charge < -0.3 is 4.74 Å². The largest absolute Gasteiger partial charge is 0.465 e. The molecule has 3 heteroatoms. The molecule has 0 aliphatic rings. The van der Waals surface area contributed by atoms with Gasteiger partial charge in [-0.05, 0) is 16.8 Å². The van der Waals surface area contributed by atoms with Crippen molar-refractivity contribution in [2.45, 2.75) is 0 Å². The van der Waals surface area contributed by atoms with E-state index in [0.29, 0.717) is 5.56 Å². The van der Waals surface area contributed by atoms with Crippen molar-refractivity contribution >= 4 is 46.3 Å². The average molecular weight is 209 g/mol. The molecule has 0 amide bonds. The van der Waals surface area contributed by atoms with Gasteiger partial charge in [0.05, 0.1) is 12.7 Å². The zero-order valence-electron chi connectivity index (χ0n) is 8.86. The molecule has 0 aliphatic carbocycles. The van der Waals surface area contributed by atoms with Gasteiger partial charge in [0.25, 0.3) is 0 Å². The van der Waals surface area contributed by atoms with Gasteiger partial charge in [-0.1, -0.05) is 36.4 Å². The van der Waals surface area contributed by atoms with Crippen LogP contribution in [0.5, 0.6) is 0 Å². The maximum atomic E-state index is 11.4. The molecule has 0 N–H and O–H groups in total. The Morgan fingerprint density at radius 3 is 2.47 bits per heavy atom. The molecule has 0 spiro atoms. The van der Waals surface area contributed by atoms with Crippen LogP contribution in [0.25, 0.3) is 10.8 Å². The fourth-order valence-electron chi connectivity index (χ4n) is 1.51. The van der Waals surface area contributed by atoms with Gasteiger partial charge >= 0.3 is 5.97 Å². The van der Waals surface area contributed by atoms with E-state index in [0.717, 1.165) is 10.8 Å². The Hall–Kier alpha value is -0.830. The molecule has 2 rings (SSSR count). The number of benzene rings is 2. The number of fused-ring (bicyclic) bond motifs is 1. The van der Waals surface area contributed by atoms with Crippen LogP contribution in [0.3, 0.4) is 0 Å². The smallest absolute Gasteiger partial charge is 0.338 e. The van der Waals surface area contributed by atoms with E-state index in [2.05, 4.69) is 0 Å². The van der Waals surface area contributed by atoms with E-state index in [-0.39, 0.29) is 35.5 Å². The van der Waals surface area contributed by atoms with E-state index >= 15 is 0 Å². The Labute approximate surface area is 111 Å². The Morgan fingerprint density at radius 1 is 1.07 bits per heavy atom. The molecule has 0 unspecified atom stereocenters. The second-order valence-corrected chi connectivity index (χ2v) is 3.02. The third-order valence-corrected chi connectivity index (χ3v) is 2.19. The van der Waals surface area contributed by atoms with E-state index in [1.165, 1.54) is 7.11 Å². The Kier molecular flexibility index (Phi) is 4.33. The fraction of sp³-hybridized carbons (Fsp3) is 0.0833. The molecule has 0 aromatic heterocycles. The van der Waals surface area contributed by atoms with Gasteiger partial charge in [-0.2, -0.15) is 0 Å². The zero-order valence-corrected chi connectivity index (χ0v) is 10.9. The summed E-state index contributed by atoms with van der Waals surface area (Å²) in [5, 5.41) is 1.98. The predicted molar refractivity (Wildman–Crippen MR) is 61.0 cm³/mol. The van der Waals surface area contributed by atoms with Crippen molar-refractivity contribution < 1.29 is 9.53 Å². The van der Waals surface area contributed by atoms with Crippen LogP contribution < -0.4 is 0 Å². The van der Waals surface area contributed by atoms with Gasteiger partial charge in [0.2, 0.25) is 0 Å². The number of hydrogen-bond acceptors (Lipinski definition) is 2. The number of carbonyl (C=O) groups excluding carboxylic acids is 1. The summed E-state index contributed by atoms with van der Waals surface area (Å²) in [5.74, 6) is -0.290. The minimum atomic E-state index is -0.290. The van der Waals surface area contributed by atoms with Crippen LogP contribution in [-0.2, 0) is 4.74 Å². The molecule has 0 bridgehead atoms. The zero-order chi connectivity index (χ0) is 9.97. The third kappa shape index (κ3) is 2.40. The monoisotopic (exact) mass is 209 g/mol. The van der Waals surface area contributed by atoms with Crippen molar-refractivity contribution in [3.8, 4) is 0 Å². The molecule has 15 heavy (non-hydrogen) atoms. The van der Waals surface area contributed by atoms with Crippen LogP contribution in [0, 0.1) is 0 Å². The van der Waals surface area contributed by atoms with Crippen LogP contribution in [0.4, 0.5) is 0 Å². The summed E-state index contributed by atoms with van der Waals surface area (Å²) < 4.78 is 4.71. The minimum absolute atomic E-state index is 0. The molecule has 0 atom stereocenters. The molecule has 1 radical (unpaired) electrons. The normalized spacial score (nSPS) is 9.40. The molecule has 0 saturated carbocycles. The maximum absolute atomic E-state index is 11.4. The van der Waals surface area contributed by atoms with Crippen LogP contribution in [0.15, 0.2) is 42.5 Å². The molecule has 0 fully saturated rings. The minimum Gasteiger partial charge on any atom is -0.465 e. The van der Waals surface area contributed by atoms with E-state index in [4.69, 9.17) is 4.74 Å². The van der Waals surface area contributed by atoms with E-state index in [9.17, 15) is 4.79 Å². The number of ether oxygens (including phenoxy) is 1. The Balaban J connectivity index is 0.00000112. The van der Waals surface area contributed by atoms with E-state index in [1.54, 1.807) is 6.07 Å². The van der Waals surface area contributed by atoms with Gasteiger partial charge in [-0.25, -0.2) is 4.79 Å². The van der Waals surface area contributed by atoms with Crippen LogP contribution in [0.1, 0.15) is 10.4 Å². The first-order valence-electron chi connectivity index (χ1n) is 4.39. The van der Waals surface area contributed by atoms with Crippen LogP contribution in [-0.4, -0.2) is 42.6 Å². The van der Waals surface area contributed by atoms with Crippen LogP contribution in [0.2, 0.25) is 0 Å². The summed E-state index contributed by atoms with van der Waals surface area (Å²) in [7, 11) is 1.39. The van der Waals surface area contributed by atoms with Crippen molar-refractivity contribution in [3.63, 3.8) is 0 Å². The van der Waals surface area contributed by atoms with E-state index in [1.807, 2.05) is 36.4 Å². The maximum Gasteiger partial charge on any atom is 0.338 e. The SMILES string of the molecule is COC(=O)c1cccc2ccccc12.[Na]. The topological polar surface area (TPSA) is 26.3 Å². The van der Waals surface area contributed by atoms with Crippen LogP contribution >= 0.6 is 0 Å². The number of methoxy groups -OCH3 is 1. The van der Waals surface area contributed by atoms with E-state index < -0.39 is 0 Å². The average Bonchev–Trinajstić information content (AvgIpc) is 2.27. The fourth-order valence-corrected chi connectivity index (χ4v) is 1.51. The number of hydrogen-bond donors (Lipinski definition) is 0. The van der Waals surface area contributed by atoms with Crippen molar-refractivity contribution in [2.75, 3.05) is 7.11 Å². The summed E-state index contributed by atoms with van der Waals surface area (Å²) >= 11 is 0. The van der Waals surface area contributed by atoms with Gasteiger partial charge in [0, 0.05) is 29.6 Å². The van der Waals surface area contributed by atoms with Crippen molar-refractivity contribution in [2.24, 2.45) is 0 Å². The van der Waals surface area contributed by atoms with Crippen molar-refractivity contribution in [1.29, 1.82) is 0 Å². The summed E-state index contributed by atoms with van der Waals surface area (Å²) in [6, 6.07) is 13.4. The molecule has 71 valence electrons. The second kappa shape index (κ2) is 5.31. The number of rotatable bonds is 1. The quantitative estimate of drug-likeness (QED) is 0.532. The molecule has 0 heterocycles. The Morgan fingerprint density at radius 2 is 1.73 bits per heavy atom. The van der Waals surface area contributed by atoms with Gasteiger partial charge in [0.15, 0.2) is 0 Å². The summed E-state index contributed by atoms with van der Waals surface area (Å²) in [5.41, 5.74) is 0.616. The first-order valence-corrected chi connectivity index (χ1v) is 4.39. The summed E-state index contributed by atoms with van der Waals surface area (Å²) in [6.07, 6.45) is 0. The Bertz CT molecular complexity index is 475. The first-order chi connectivity index (χ1) is 6.83. The number of carbonyl (C=O) groups is 1. The molecule has 0 aliphatic heterocycles. The predicted octanol–water partition coefficient (Wildman–Crippen LogP) is 2.25. The number of esters is 1. The second-order valence-electron chi connectivity index (χ2n) is 3.02. The standard InChI is InChI=1S/C12H10O2.Na/c1-14-12(13)11-8-4-6-9-5-2-3-7-10(9)11;/h2-8H,1H3;. The first kappa shape index (κ1) is 12.2.